The van der Waals surface area contributed by atoms with E-state index in [2.05, 4.69) is 5.32 Å². The molecule has 1 heterocycles. The predicted molar refractivity (Wildman–Crippen MR) is 66.3 cm³/mol. The lowest BCUT2D eigenvalue weighted by Crippen LogP contribution is -2.14. The second-order valence-electron chi connectivity index (χ2n) is 4.05. The minimum Gasteiger partial charge on any atom is -0.309 e. The number of thiophene rings is 1. The third kappa shape index (κ3) is 3.78. The molecular weight excluding hydrogens is 278 g/mol. The van der Waals surface area contributed by atoms with Crippen LogP contribution in [0, 0.1) is 5.82 Å². The van der Waals surface area contributed by atoms with Gasteiger partial charge in [-0.25, -0.2) is 4.39 Å². The largest absolute Gasteiger partial charge is 0.419 e. The van der Waals surface area contributed by atoms with Crippen LogP contribution in [0.5, 0.6) is 0 Å². The van der Waals surface area contributed by atoms with Crippen LogP contribution in [0.4, 0.5) is 17.6 Å². The molecule has 0 aliphatic carbocycles. The van der Waals surface area contributed by atoms with E-state index in [-0.39, 0.29) is 6.54 Å². The van der Waals surface area contributed by atoms with E-state index in [0.29, 0.717) is 12.1 Å². The molecule has 1 nitrogen and oxygen atoms in total. The van der Waals surface area contributed by atoms with E-state index >= 15 is 0 Å². The summed E-state index contributed by atoms with van der Waals surface area (Å²) < 4.78 is 50.6. The number of alkyl halides is 3. The Hall–Kier alpha value is -1.40. The van der Waals surface area contributed by atoms with Gasteiger partial charge in [-0.3, -0.25) is 0 Å². The first-order valence-electron chi connectivity index (χ1n) is 5.54. The Bertz CT molecular complexity index is 534. The quantitative estimate of drug-likeness (QED) is 0.832. The lowest BCUT2D eigenvalue weighted by molar-refractivity contribution is -0.140. The highest BCUT2D eigenvalue weighted by Gasteiger charge is 2.34. The number of benzene rings is 1. The predicted octanol–water partition coefficient (Wildman–Crippen LogP) is 4.20. The Labute approximate surface area is 111 Å². The first kappa shape index (κ1) is 14.0. The zero-order valence-electron chi connectivity index (χ0n) is 9.80. The minimum absolute atomic E-state index is 0.263. The van der Waals surface area contributed by atoms with Gasteiger partial charge in [-0.1, -0.05) is 6.07 Å². The third-order valence-corrected chi connectivity index (χ3v) is 3.31. The molecule has 0 fully saturated rings. The fourth-order valence-corrected chi connectivity index (χ4v) is 2.31. The van der Waals surface area contributed by atoms with Gasteiger partial charge in [0.25, 0.3) is 0 Å². The van der Waals surface area contributed by atoms with Crippen LogP contribution in [-0.2, 0) is 19.3 Å². The molecule has 0 unspecified atom stereocenters. The van der Waals surface area contributed by atoms with Crippen LogP contribution in [0.15, 0.2) is 35.0 Å². The van der Waals surface area contributed by atoms with E-state index < -0.39 is 17.6 Å². The van der Waals surface area contributed by atoms with Crippen LogP contribution >= 0.6 is 11.3 Å². The van der Waals surface area contributed by atoms with Crippen molar-refractivity contribution < 1.29 is 17.6 Å². The molecule has 0 saturated carbocycles. The van der Waals surface area contributed by atoms with Crippen molar-refractivity contribution in [1.82, 2.24) is 5.32 Å². The molecule has 102 valence electrons. The monoisotopic (exact) mass is 289 g/mol. The average Bonchev–Trinajstić information content (AvgIpc) is 2.83. The molecule has 1 N–H and O–H groups in total. The van der Waals surface area contributed by atoms with Gasteiger partial charge in [-0.2, -0.15) is 24.5 Å². The summed E-state index contributed by atoms with van der Waals surface area (Å²) in [5.74, 6) is -1.24. The van der Waals surface area contributed by atoms with Crippen molar-refractivity contribution >= 4 is 11.3 Å². The Morgan fingerprint density at radius 2 is 1.79 bits per heavy atom. The molecule has 6 heteroatoms. The fraction of sp³-hybridized carbons (Fsp3) is 0.231. The first-order valence-corrected chi connectivity index (χ1v) is 6.48. The number of rotatable bonds is 4. The SMILES string of the molecule is Fc1ccc(CNCc2ccsc2)cc1C(F)(F)F. The highest BCUT2D eigenvalue weighted by Crippen LogP contribution is 2.31. The summed E-state index contributed by atoms with van der Waals surface area (Å²) in [6, 6.07) is 4.98. The maximum absolute atomic E-state index is 13.1. The van der Waals surface area contributed by atoms with Crippen LogP contribution in [0.1, 0.15) is 16.7 Å². The van der Waals surface area contributed by atoms with Crippen LogP contribution in [0.25, 0.3) is 0 Å². The molecule has 0 aliphatic rings. The van der Waals surface area contributed by atoms with Crippen LogP contribution in [0.3, 0.4) is 0 Å². The van der Waals surface area contributed by atoms with Crippen molar-refractivity contribution in [1.29, 1.82) is 0 Å². The molecule has 0 aliphatic heterocycles. The Kier molecular flexibility index (Phi) is 4.21. The Morgan fingerprint density at radius 3 is 2.42 bits per heavy atom. The number of hydrogen-bond donors (Lipinski definition) is 1. The lowest BCUT2D eigenvalue weighted by Gasteiger charge is -2.10. The van der Waals surface area contributed by atoms with E-state index in [1.807, 2.05) is 16.8 Å². The highest BCUT2D eigenvalue weighted by molar-refractivity contribution is 7.07. The highest BCUT2D eigenvalue weighted by atomic mass is 32.1. The van der Waals surface area contributed by atoms with Gasteiger partial charge < -0.3 is 5.32 Å². The lowest BCUT2D eigenvalue weighted by atomic mass is 10.1. The van der Waals surface area contributed by atoms with Gasteiger partial charge in [0.05, 0.1) is 5.56 Å². The molecule has 0 amide bonds. The Balaban J connectivity index is 2.01. The molecule has 0 saturated heterocycles. The standard InChI is InChI=1S/C13H11F4NS/c14-12-2-1-9(5-11(12)13(15,16)17)6-18-7-10-3-4-19-8-10/h1-5,8,18H,6-7H2. The average molecular weight is 289 g/mol. The van der Waals surface area contributed by atoms with Crippen molar-refractivity contribution in [3.05, 3.63) is 57.5 Å². The van der Waals surface area contributed by atoms with E-state index in [1.165, 1.54) is 6.07 Å². The second-order valence-corrected chi connectivity index (χ2v) is 4.83. The summed E-state index contributed by atoms with van der Waals surface area (Å²) in [6.07, 6.45) is -4.66. The summed E-state index contributed by atoms with van der Waals surface area (Å²) in [7, 11) is 0. The van der Waals surface area contributed by atoms with Gasteiger partial charge in [0.2, 0.25) is 0 Å². The summed E-state index contributed by atoms with van der Waals surface area (Å²) in [6.45, 7) is 0.835. The van der Waals surface area contributed by atoms with E-state index in [9.17, 15) is 17.6 Å². The van der Waals surface area contributed by atoms with E-state index in [0.717, 1.165) is 17.7 Å². The summed E-state index contributed by atoms with van der Waals surface area (Å²) in [5.41, 5.74) is 0.259. The second kappa shape index (κ2) is 5.71. The van der Waals surface area contributed by atoms with Gasteiger partial charge in [0, 0.05) is 13.1 Å². The molecule has 0 atom stereocenters. The molecule has 0 radical (unpaired) electrons. The summed E-state index contributed by atoms with van der Waals surface area (Å²) in [5, 5.41) is 6.90. The number of nitrogens with one attached hydrogen (secondary N) is 1. The molecule has 0 bridgehead atoms. The van der Waals surface area contributed by atoms with Crippen molar-refractivity contribution in [2.45, 2.75) is 19.3 Å². The van der Waals surface area contributed by atoms with Crippen molar-refractivity contribution in [2.75, 3.05) is 0 Å². The van der Waals surface area contributed by atoms with Crippen LogP contribution in [-0.4, -0.2) is 0 Å². The zero-order chi connectivity index (χ0) is 13.9. The van der Waals surface area contributed by atoms with Gasteiger partial charge in [-0.05, 0) is 40.1 Å². The topological polar surface area (TPSA) is 12.0 Å². The van der Waals surface area contributed by atoms with E-state index in [4.69, 9.17) is 0 Å². The summed E-state index contributed by atoms with van der Waals surface area (Å²) in [4.78, 5) is 0. The molecule has 2 rings (SSSR count). The molecule has 0 spiro atoms. The molecule has 19 heavy (non-hydrogen) atoms. The smallest absolute Gasteiger partial charge is 0.309 e. The van der Waals surface area contributed by atoms with Crippen molar-refractivity contribution in [3.63, 3.8) is 0 Å². The molecule has 1 aromatic heterocycles. The molecule has 2 aromatic rings. The van der Waals surface area contributed by atoms with Gasteiger partial charge in [0.1, 0.15) is 5.82 Å². The van der Waals surface area contributed by atoms with Gasteiger partial charge >= 0.3 is 6.18 Å². The summed E-state index contributed by atoms with van der Waals surface area (Å²) >= 11 is 1.56. The van der Waals surface area contributed by atoms with E-state index in [1.54, 1.807) is 11.3 Å². The maximum Gasteiger partial charge on any atom is 0.419 e. The van der Waals surface area contributed by atoms with Crippen LogP contribution in [0.2, 0.25) is 0 Å². The maximum atomic E-state index is 13.1. The van der Waals surface area contributed by atoms with Crippen molar-refractivity contribution in [3.8, 4) is 0 Å². The van der Waals surface area contributed by atoms with Gasteiger partial charge in [0.15, 0.2) is 0 Å². The number of hydrogen-bond acceptors (Lipinski definition) is 2. The molecular formula is C13H11F4NS. The minimum atomic E-state index is -4.66. The zero-order valence-corrected chi connectivity index (χ0v) is 10.6. The third-order valence-electron chi connectivity index (χ3n) is 2.57. The normalized spacial score (nSPS) is 11.8. The van der Waals surface area contributed by atoms with Gasteiger partial charge in [-0.15, -0.1) is 0 Å². The fourth-order valence-electron chi connectivity index (χ4n) is 1.64. The number of halogens is 4. The van der Waals surface area contributed by atoms with Crippen molar-refractivity contribution in [2.24, 2.45) is 0 Å². The first-order chi connectivity index (χ1) is 8.97. The van der Waals surface area contributed by atoms with Crippen LogP contribution < -0.4 is 5.32 Å². The Morgan fingerprint density at radius 1 is 1.05 bits per heavy atom. The molecule has 1 aromatic carbocycles.